The fraction of sp³-hybridized carbons (Fsp3) is 0.421. The minimum atomic E-state index is 0.148. The summed E-state index contributed by atoms with van der Waals surface area (Å²) in [5.41, 5.74) is 3.23. The van der Waals surface area contributed by atoms with Crippen molar-refractivity contribution in [2.45, 2.75) is 33.0 Å². The maximum absolute atomic E-state index is 5.91. The zero-order valence-corrected chi connectivity index (χ0v) is 14.7. The highest BCUT2D eigenvalue weighted by atomic mass is 16.5. The first-order valence-corrected chi connectivity index (χ1v) is 8.72. The molecule has 3 aromatic rings. The Labute approximate surface area is 147 Å². The van der Waals surface area contributed by atoms with Gasteiger partial charge in [-0.05, 0) is 25.5 Å². The minimum Gasteiger partial charge on any atom is -0.374 e. The van der Waals surface area contributed by atoms with Gasteiger partial charge in [0.1, 0.15) is 5.82 Å². The molecule has 1 aliphatic heterocycles. The number of para-hydroxylation sites is 1. The van der Waals surface area contributed by atoms with E-state index in [1.165, 1.54) is 5.56 Å². The maximum Gasteiger partial charge on any atom is 0.143 e. The van der Waals surface area contributed by atoms with Crippen LogP contribution in [0.2, 0.25) is 0 Å². The second-order valence-corrected chi connectivity index (χ2v) is 6.71. The number of hydrogen-bond donors (Lipinski definition) is 0. The molecular formula is C19H23N5O. The monoisotopic (exact) mass is 337 g/mol. The summed E-state index contributed by atoms with van der Waals surface area (Å²) in [6.07, 6.45) is 4.08. The lowest BCUT2D eigenvalue weighted by Crippen LogP contribution is -2.44. The largest absolute Gasteiger partial charge is 0.374 e. The molecule has 1 atom stereocenters. The summed E-state index contributed by atoms with van der Waals surface area (Å²) in [6, 6.07) is 8.18. The van der Waals surface area contributed by atoms with Gasteiger partial charge in [-0.25, -0.2) is 9.97 Å². The number of morpholine rings is 1. The second-order valence-electron chi connectivity index (χ2n) is 6.71. The number of aryl methyl sites for hydroxylation is 2. The lowest BCUT2D eigenvalue weighted by atomic mass is 10.2. The van der Waals surface area contributed by atoms with Crippen molar-refractivity contribution < 1.29 is 4.74 Å². The van der Waals surface area contributed by atoms with Crippen LogP contribution >= 0.6 is 0 Å². The predicted molar refractivity (Wildman–Crippen MR) is 96.3 cm³/mol. The number of hydrogen-bond acceptors (Lipinski definition) is 5. The van der Waals surface area contributed by atoms with E-state index >= 15 is 0 Å². The molecule has 1 saturated heterocycles. The molecule has 0 bridgehead atoms. The van der Waals surface area contributed by atoms with Gasteiger partial charge in [-0.1, -0.05) is 18.2 Å². The topological polar surface area (TPSA) is 56.1 Å². The first kappa shape index (κ1) is 16.2. The van der Waals surface area contributed by atoms with Gasteiger partial charge in [-0.15, -0.1) is 0 Å². The SMILES string of the molecule is Cc1cnn(C[C@@H]2CN(Cc3nc(C)c4ccccc4n3)CCO2)c1. The first-order valence-electron chi connectivity index (χ1n) is 8.72. The van der Waals surface area contributed by atoms with Crippen molar-refractivity contribution in [3.8, 4) is 0 Å². The molecule has 6 heteroatoms. The Balaban J connectivity index is 1.45. The van der Waals surface area contributed by atoms with Gasteiger partial charge in [0.2, 0.25) is 0 Å². The van der Waals surface area contributed by atoms with Gasteiger partial charge < -0.3 is 4.74 Å². The molecule has 0 radical (unpaired) electrons. The second kappa shape index (κ2) is 6.90. The first-order chi connectivity index (χ1) is 12.2. The summed E-state index contributed by atoms with van der Waals surface area (Å²) in [4.78, 5) is 11.8. The molecule has 1 fully saturated rings. The number of fused-ring (bicyclic) bond motifs is 1. The zero-order chi connectivity index (χ0) is 17.2. The summed E-state index contributed by atoms with van der Waals surface area (Å²) in [6.45, 7) is 8.15. The van der Waals surface area contributed by atoms with Gasteiger partial charge in [-0.3, -0.25) is 9.58 Å². The molecule has 25 heavy (non-hydrogen) atoms. The van der Waals surface area contributed by atoms with Crippen LogP contribution in [-0.4, -0.2) is 50.4 Å². The van der Waals surface area contributed by atoms with Crippen LogP contribution in [0.25, 0.3) is 10.9 Å². The van der Waals surface area contributed by atoms with Crippen LogP contribution in [0, 0.1) is 13.8 Å². The number of nitrogens with zero attached hydrogens (tertiary/aromatic N) is 5. The fourth-order valence-electron chi connectivity index (χ4n) is 3.38. The minimum absolute atomic E-state index is 0.148. The van der Waals surface area contributed by atoms with E-state index in [1.54, 1.807) is 0 Å². The summed E-state index contributed by atoms with van der Waals surface area (Å²) < 4.78 is 7.87. The van der Waals surface area contributed by atoms with Crippen molar-refractivity contribution in [2.75, 3.05) is 19.7 Å². The van der Waals surface area contributed by atoms with Gasteiger partial charge in [0.25, 0.3) is 0 Å². The lowest BCUT2D eigenvalue weighted by Gasteiger charge is -2.32. The van der Waals surface area contributed by atoms with Crippen molar-refractivity contribution >= 4 is 10.9 Å². The highest BCUT2D eigenvalue weighted by molar-refractivity contribution is 5.80. The molecule has 0 amide bonds. The Morgan fingerprint density at radius 3 is 2.92 bits per heavy atom. The molecule has 2 aromatic heterocycles. The molecule has 6 nitrogen and oxygen atoms in total. The van der Waals surface area contributed by atoms with Crippen LogP contribution in [0.15, 0.2) is 36.7 Å². The molecule has 0 N–H and O–H groups in total. The molecule has 4 rings (SSSR count). The van der Waals surface area contributed by atoms with Crippen molar-refractivity contribution in [3.05, 3.63) is 53.7 Å². The zero-order valence-electron chi connectivity index (χ0n) is 14.7. The van der Waals surface area contributed by atoms with E-state index in [0.29, 0.717) is 0 Å². The van der Waals surface area contributed by atoms with Gasteiger partial charge in [-0.2, -0.15) is 5.10 Å². The fourth-order valence-corrected chi connectivity index (χ4v) is 3.38. The molecule has 1 aromatic carbocycles. The highest BCUT2D eigenvalue weighted by Crippen LogP contribution is 2.16. The Hall–Kier alpha value is -2.31. The summed E-state index contributed by atoms with van der Waals surface area (Å²) >= 11 is 0. The van der Waals surface area contributed by atoms with E-state index in [4.69, 9.17) is 14.7 Å². The molecule has 0 spiro atoms. The third-order valence-corrected chi connectivity index (χ3v) is 4.58. The van der Waals surface area contributed by atoms with Crippen LogP contribution in [0.3, 0.4) is 0 Å². The Morgan fingerprint density at radius 2 is 2.08 bits per heavy atom. The van der Waals surface area contributed by atoms with Crippen molar-refractivity contribution in [1.82, 2.24) is 24.6 Å². The van der Waals surface area contributed by atoms with Crippen LogP contribution in [0.5, 0.6) is 0 Å². The number of aromatic nitrogens is 4. The van der Waals surface area contributed by atoms with Crippen LogP contribution in [-0.2, 0) is 17.8 Å². The molecular weight excluding hydrogens is 314 g/mol. The van der Waals surface area contributed by atoms with Crippen LogP contribution < -0.4 is 0 Å². The number of benzene rings is 1. The normalized spacial score (nSPS) is 18.7. The van der Waals surface area contributed by atoms with Gasteiger partial charge >= 0.3 is 0 Å². The summed E-state index contributed by atoms with van der Waals surface area (Å²) in [7, 11) is 0. The lowest BCUT2D eigenvalue weighted by molar-refractivity contribution is -0.0409. The number of ether oxygens (including phenoxy) is 1. The molecule has 1 aliphatic rings. The van der Waals surface area contributed by atoms with E-state index in [9.17, 15) is 0 Å². The van der Waals surface area contributed by atoms with Crippen LogP contribution in [0.1, 0.15) is 17.1 Å². The van der Waals surface area contributed by atoms with Crippen molar-refractivity contribution in [1.29, 1.82) is 0 Å². The Morgan fingerprint density at radius 1 is 1.20 bits per heavy atom. The third kappa shape index (κ3) is 3.70. The molecule has 0 aliphatic carbocycles. The maximum atomic E-state index is 5.91. The van der Waals surface area contributed by atoms with Gasteiger partial charge in [0.05, 0.1) is 37.5 Å². The molecule has 0 saturated carbocycles. The average molecular weight is 337 g/mol. The third-order valence-electron chi connectivity index (χ3n) is 4.58. The smallest absolute Gasteiger partial charge is 0.143 e. The van der Waals surface area contributed by atoms with E-state index in [0.717, 1.165) is 55.2 Å². The van der Waals surface area contributed by atoms with Gasteiger partial charge in [0, 0.05) is 30.4 Å². The van der Waals surface area contributed by atoms with E-state index in [1.807, 2.05) is 23.0 Å². The molecule has 3 heterocycles. The highest BCUT2D eigenvalue weighted by Gasteiger charge is 2.22. The predicted octanol–water partition coefficient (Wildman–Crippen LogP) is 2.34. The standard InChI is InChI=1S/C19H23N5O/c1-14-9-20-24(10-14)12-16-11-23(7-8-25-16)13-19-21-15(2)17-5-3-4-6-18(17)22-19/h3-6,9-10,16H,7-8,11-13H2,1-2H3/t16-/m0/s1. The molecule has 0 unspecified atom stereocenters. The Kier molecular flexibility index (Phi) is 4.46. The summed E-state index contributed by atoms with van der Waals surface area (Å²) in [5.74, 6) is 0.881. The van der Waals surface area contributed by atoms with Crippen molar-refractivity contribution in [3.63, 3.8) is 0 Å². The quantitative estimate of drug-likeness (QED) is 0.731. The van der Waals surface area contributed by atoms with Gasteiger partial charge in [0.15, 0.2) is 0 Å². The number of rotatable bonds is 4. The van der Waals surface area contributed by atoms with E-state index < -0.39 is 0 Å². The van der Waals surface area contributed by atoms with E-state index in [2.05, 4.69) is 42.2 Å². The van der Waals surface area contributed by atoms with Crippen molar-refractivity contribution in [2.24, 2.45) is 0 Å². The summed E-state index contributed by atoms with van der Waals surface area (Å²) in [5, 5.41) is 5.48. The Bertz CT molecular complexity index is 875. The molecule has 130 valence electrons. The van der Waals surface area contributed by atoms with E-state index in [-0.39, 0.29) is 6.10 Å². The van der Waals surface area contributed by atoms with Crippen LogP contribution in [0.4, 0.5) is 0 Å². The average Bonchev–Trinajstić information content (AvgIpc) is 3.00.